The quantitative estimate of drug-likeness (QED) is 0.245. The lowest BCUT2D eigenvalue weighted by Crippen LogP contribution is -2.57. The summed E-state index contributed by atoms with van der Waals surface area (Å²) in [5.41, 5.74) is 2.40. The van der Waals surface area contributed by atoms with Crippen molar-refractivity contribution in [2.24, 2.45) is 5.92 Å². The Hall–Kier alpha value is -3.54. The first-order chi connectivity index (χ1) is 17.6. The predicted octanol–water partition coefficient (Wildman–Crippen LogP) is 2.19. The van der Waals surface area contributed by atoms with E-state index < -0.39 is 36.8 Å². The van der Waals surface area contributed by atoms with Crippen molar-refractivity contribution in [2.75, 3.05) is 6.54 Å². The molecule has 9 nitrogen and oxygen atoms in total. The molecule has 0 radical (unpaired) electrons. The van der Waals surface area contributed by atoms with Crippen molar-refractivity contribution in [3.8, 4) is 10.6 Å². The van der Waals surface area contributed by atoms with Gasteiger partial charge >= 0.3 is 7.12 Å². The summed E-state index contributed by atoms with van der Waals surface area (Å²) >= 11 is 1.30. The summed E-state index contributed by atoms with van der Waals surface area (Å²) in [6.07, 6.45) is 0.312. The Bertz CT molecular complexity index is 1200. The summed E-state index contributed by atoms with van der Waals surface area (Å²) in [4.78, 5) is 43.1. The standard InChI is InChI=1S/C26H31BN4O5S/c1-16(2)13-22(27(35)36)31-24(33)20(14-28-23(32)18-11-9-17(3)10-12-18)29-25(34)21-15-37-26(30-21)19-7-5-4-6-8-19/h4-12,15-16,20,22,35-36H,13-14H2,1-3H3,(H,28,32)(H,29,34)(H,31,33)/t20-,22-/m0/s1. The molecule has 0 fully saturated rings. The summed E-state index contributed by atoms with van der Waals surface area (Å²) in [7, 11) is -1.78. The maximum Gasteiger partial charge on any atom is 0.475 e. The first-order valence-corrected chi connectivity index (χ1v) is 12.8. The van der Waals surface area contributed by atoms with E-state index >= 15 is 0 Å². The summed E-state index contributed by atoms with van der Waals surface area (Å²) in [6.45, 7) is 5.46. The number of hydrogen-bond acceptors (Lipinski definition) is 7. The Morgan fingerprint density at radius 2 is 1.65 bits per heavy atom. The van der Waals surface area contributed by atoms with Crippen molar-refractivity contribution < 1.29 is 24.4 Å². The van der Waals surface area contributed by atoms with Crippen molar-refractivity contribution in [1.82, 2.24) is 20.9 Å². The molecule has 0 unspecified atom stereocenters. The third kappa shape index (κ3) is 8.24. The van der Waals surface area contributed by atoms with Crippen LogP contribution >= 0.6 is 11.3 Å². The van der Waals surface area contributed by atoms with Gasteiger partial charge in [0.15, 0.2) is 0 Å². The van der Waals surface area contributed by atoms with E-state index in [0.29, 0.717) is 17.0 Å². The van der Waals surface area contributed by atoms with Crippen molar-refractivity contribution in [1.29, 1.82) is 0 Å². The fraction of sp³-hybridized carbons (Fsp3) is 0.308. The van der Waals surface area contributed by atoms with Crippen LogP contribution in [0.25, 0.3) is 10.6 Å². The number of aryl methyl sites for hydroxylation is 1. The number of nitrogens with one attached hydrogen (secondary N) is 3. The van der Waals surface area contributed by atoms with Crippen LogP contribution in [0.15, 0.2) is 60.0 Å². The monoisotopic (exact) mass is 522 g/mol. The minimum Gasteiger partial charge on any atom is -0.426 e. The van der Waals surface area contributed by atoms with E-state index in [9.17, 15) is 24.4 Å². The number of thiazole rings is 1. The van der Waals surface area contributed by atoms with Crippen LogP contribution in [-0.4, -0.2) is 58.4 Å². The minimum atomic E-state index is -1.78. The molecule has 2 atom stereocenters. The largest absolute Gasteiger partial charge is 0.475 e. The zero-order valence-electron chi connectivity index (χ0n) is 21.0. The highest BCUT2D eigenvalue weighted by Crippen LogP contribution is 2.23. The summed E-state index contributed by atoms with van der Waals surface area (Å²) in [5.74, 6) is -2.52. The summed E-state index contributed by atoms with van der Waals surface area (Å²) < 4.78 is 0. The molecule has 0 spiro atoms. The minimum absolute atomic E-state index is 0.0767. The van der Waals surface area contributed by atoms with E-state index in [-0.39, 0.29) is 18.2 Å². The second kappa shape index (κ2) is 13.1. The molecule has 3 aromatic rings. The van der Waals surface area contributed by atoms with Gasteiger partial charge in [-0.1, -0.05) is 61.9 Å². The van der Waals surface area contributed by atoms with Crippen molar-refractivity contribution in [3.63, 3.8) is 0 Å². The first-order valence-electron chi connectivity index (χ1n) is 12.0. The van der Waals surface area contributed by atoms with Gasteiger partial charge in [0.2, 0.25) is 5.91 Å². The molecule has 0 saturated heterocycles. The Balaban J connectivity index is 1.75. The van der Waals surface area contributed by atoms with Crippen LogP contribution in [0.5, 0.6) is 0 Å². The fourth-order valence-electron chi connectivity index (χ4n) is 3.58. The van der Waals surface area contributed by atoms with Crippen molar-refractivity contribution in [2.45, 2.75) is 39.2 Å². The number of carbonyl (C=O) groups excluding carboxylic acids is 3. The van der Waals surface area contributed by atoms with Gasteiger partial charge in [-0.05, 0) is 31.4 Å². The third-order valence-electron chi connectivity index (χ3n) is 5.57. The number of aromatic nitrogens is 1. The van der Waals surface area contributed by atoms with Gasteiger partial charge in [-0.25, -0.2) is 4.98 Å². The van der Waals surface area contributed by atoms with Crippen molar-refractivity contribution >= 4 is 36.2 Å². The van der Waals surface area contributed by atoms with E-state index in [1.165, 1.54) is 11.3 Å². The highest BCUT2D eigenvalue weighted by Gasteiger charge is 2.30. The molecular weight excluding hydrogens is 491 g/mol. The molecule has 11 heteroatoms. The number of amides is 3. The van der Waals surface area contributed by atoms with Crippen LogP contribution in [0.1, 0.15) is 46.7 Å². The average molecular weight is 522 g/mol. The Kier molecular flexibility index (Phi) is 9.96. The van der Waals surface area contributed by atoms with Crippen LogP contribution < -0.4 is 16.0 Å². The lowest BCUT2D eigenvalue weighted by molar-refractivity contribution is -0.123. The van der Waals surface area contributed by atoms with Crippen LogP contribution in [0.4, 0.5) is 0 Å². The number of benzene rings is 2. The molecule has 0 bridgehead atoms. The smallest absolute Gasteiger partial charge is 0.426 e. The molecule has 2 aromatic carbocycles. The van der Waals surface area contributed by atoms with Gasteiger partial charge in [-0.15, -0.1) is 11.3 Å². The van der Waals surface area contributed by atoms with Gasteiger partial charge in [0.25, 0.3) is 11.8 Å². The molecule has 1 heterocycles. The Labute approximate surface area is 220 Å². The maximum atomic E-state index is 13.1. The van der Waals surface area contributed by atoms with E-state index in [4.69, 9.17) is 0 Å². The first kappa shape index (κ1) is 28.0. The molecule has 3 rings (SSSR count). The van der Waals surface area contributed by atoms with Crippen LogP contribution in [-0.2, 0) is 4.79 Å². The van der Waals surface area contributed by atoms with Gasteiger partial charge in [-0.2, -0.15) is 0 Å². The normalized spacial score (nSPS) is 12.5. The average Bonchev–Trinajstić information content (AvgIpc) is 3.37. The van der Waals surface area contributed by atoms with E-state index in [1.54, 1.807) is 29.6 Å². The fourth-order valence-corrected chi connectivity index (χ4v) is 4.39. The molecule has 3 amide bonds. The lowest BCUT2D eigenvalue weighted by Gasteiger charge is -2.24. The molecule has 5 N–H and O–H groups in total. The van der Waals surface area contributed by atoms with Crippen LogP contribution in [0, 0.1) is 12.8 Å². The number of nitrogens with zero attached hydrogens (tertiary/aromatic N) is 1. The number of rotatable bonds is 11. The molecule has 0 aliphatic heterocycles. The molecule has 37 heavy (non-hydrogen) atoms. The molecule has 0 aliphatic carbocycles. The summed E-state index contributed by atoms with van der Waals surface area (Å²) in [6, 6.07) is 15.1. The second-order valence-electron chi connectivity index (χ2n) is 9.16. The third-order valence-corrected chi connectivity index (χ3v) is 6.46. The maximum absolute atomic E-state index is 13.1. The van der Waals surface area contributed by atoms with Gasteiger partial charge in [0, 0.05) is 23.1 Å². The van der Waals surface area contributed by atoms with Gasteiger partial charge in [0.05, 0.1) is 5.94 Å². The highest BCUT2D eigenvalue weighted by molar-refractivity contribution is 7.13. The number of hydrogen-bond donors (Lipinski definition) is 5. The Morgan fingerprint density at radius 1 is 0.973 bits per heavy atom. The van der Waals surface area contributed by atoms with E-state index in [0.717, 1.165) is 11.1 Å². The van der Waals surface area contributed by atoms with Gasteiger partial charge in [0.1, 0.15) is 16.7 Å². The van der Waals surface area contributed by atoms with Gasteiger partial charge in [-0.3, -0.25) is 14.4 Å². The number of carbonyl (C=O) groups is 3. The Morgan fingerprint density at radius 3 is 2.27 bits per heavy atom. The van der Waals surface area contributed by atoms with Crippen LogP contribution in [0.3, 0.4) is 0 Å². The van der Waals surface area contributed by atoms with Gasteiger partial charge < -0.3 is 26.0 Å². The highest BCUT2D eigenvalue weighted by atomic mass is 32.1. The molecule has 1 aromatic heterocycles. The topological polar surface area (TPSA) is 141 Å². The van der Waals surface area contributed by atoms with E-state index in [1.807, 2.05) is 51.1 Å². The molecule has 0 saturated carbocycles. The second-order valence-corrected chi connectivity index (χ2v) is 10.0. The molecule has 0 aliphatic rings. The summed E-state index contributed by atoms with van der Waals surface area (Å²) in [5, 5.41) is 29.6. The predicted molar refractivity (Wildman–Crippen MR) is 144 cm³/mol. The van der Waals surface area contributed by atoms with E-state index in [2.05, 4.69) is 20.9 Å². The zero-order chi connectivity index (χ0) is 26.9. The van der Waals surface area contributed by atoms with Crippen LogP contribution in [0.2, 0.25) is 0 Å². The molecular formula is C26H31BN4O5S. The SMILES string of the molecule is Cc1ccc(C(=O)NC[C@H](NC(=O)c2csc(-c3ccccc3)n2)C(=O)N[C@@H](CC(C)C)B(O)O)cc1. The van der Waals surface area contributed by atoms with Crippen molar-refractivity contribution in [3.05, 3.63) is 76.8 Å². The molecule has 194 valence electrons. The zero-order valence-corrected chi connectivity index (χ0v) is 21.8. The lowest BCUT2D eigenvalue weighted by atomic mass is 9.75.